The molecule has 3 aliphatic rings. The first-order valence-corrected chi connectivity index (χ1v) is 10.9. The average molecular weight is 405 g/mol. The van der Waals surface area contributed by atoms with Gasteiger partial charge in [0.1, 0.15) is 11.6 Å². The molecule has 6 rings (SSSR count). The normalized spacial score (nSPS) is 32.4. The molecule has 31 heavy (non-hydrogen) atoms. The lowest BCUT2D eigenvalue weighted by Crippen LogP contribution is -2.53. The van der Waals surface area contributed by atoms with Gasteiger partial charge in [-0.25, -0.2) is 0 Å². The van der Waals surface area contributed by atoms with Crippen molar-refractivity contribution in [3.63, 3.8) is 0 Å². The number of fused-ring (bicyclic) bond motifs is 2. The summed E-state index contributed by atoms with van der Waals surface area (Å²) in [4.78, 5) is 28.3. The zero-order valence-corrected chi connectivity index (χ0v) is 17.7. The maximum Gasteiger partial charge on any atom is 0.149 e. The van der Waals surface area contributed by atoms with Crippen molar-refractivity contribution < 1.29 is 9.59 Å². The summed E-state index contributed by atoms with van der Waals surface area (Å²) < 4.78 is 0. The lowest BCUT2D eigenvalue weighted by molar-refractivity contribution is -0.144. The number of hydrogen-bond donors (Lipinski definition) is 0. The highest BCUT2D eigenvalue weighted by molar-refractivity contribution is 6.20. The van der Waals surface area contributed by atoms with E-state index in [-0.39, 0.29) is 23.4 Å². The average Bonchev–Trinajstić information content (AvgIpc) is 3.40. The Morgan fingerprint density at radius 2 is 1.13 bits per heavy atom. The monoisotopic (exact) mass is 404 g/mol. The molecule has 2 nitrogen and oxygen atoms in total. The summed E-state index contributed by atoms with van der Waals surface area (Å²) >= 11 is 0. The second-order valence-electron chi connectivity index (χ2n) is 9.59. The first-order valence-electron chi connectivity index (χ1n) is 10.9. The molecule has 4 atom stereocenters. The van der Waals surface area contributed by atoms with Crippen LogP contribution < -0.4 is 0 Å². The van der Waals surface area contributed by atoms with Crippen LogP contribution in [0.4, 0.5) is 0 Å². The molecule has 3 aromatic rings. The van der Waals surface area contributed by atoms with Crippen LogP contribution in [0, 0.1) is 22.7 Å². The van der Waals surface area contributed by atoms with Gasteiger partial charge in [0.2, 0.25) is 0 Å². The van der Waals surface area contributed by atoms with Crippen molar-refractivity contribution >= 4 is 17.1 Å². The van der Waals surface area contributed by atoms with Gasteiger partial charge in [0.05, 0.1) is 16.7 Å². The van der Waals surface area contributed by atoms with Crippen molar-refractivity contribution in [2.45, 2.75) is 19.3 Å². The van der Waals surface area contributed by atoms with Crippen molar-refractivity contribution in [2.75, 3.05) is 0 Å². The standard InChI is InChI=1S/C29H24O2/c1-27-18-22(19-12-6-3-7-13-19)23(27)25(30)28(2)24(26(27)31)29(28,20-14-8-4-9-15-20)21-16-10-5-11-17-21/h3-18,23-24H,1-2H3/t23-,24+,27-,28+/m0/s1. The minimum Gasteiger partial charge on any atom is -0.298 e. The molecule has 3 aromatic carbocycles. The van der Waals surface area contributed by atoms with Gasteiger partial charge in [-0.1, -0.05) is 104 Å². The Hall–Kier alpha value is -3.26. The summed E-state index contributed by atoms with van der Waals surface area (Å²) in [6, 6.07) is 30.3. The zero-order valence-electron chi connectivity index (χ0n) is 17.7. The molecule has 0 aliphatic heterocycles. The van der Waals surface area contributed by atoms with Crippen LogP contribution in [0.3, 0.4) is 0 Å². The third-order valence-electron chi connectivity index (χ3n) is 8.24. The predicted octanol–water partition coefficient (Wildman–Crippen LogP) is 5.48. The fourth-order valence-electron chi connectivity index (χ4n) is 6.75. The highest BCUT2D eigenvalue weighted by atomic mass is 16.2. The van der Waals surface area contributed by atoms with Gasteiger partial charge in [0.15, 0.2) is 0 Å². The van der Waals surface area contributed by atoms with E-state index in [9.17, 15) is 9.59 Å². The lowest BCUT2D eigenvalue weighted by Gasteiger charge is -2.47. The molecule has 0 unspecified atom stereocenters. The fourth-order valence-corrected chi connectivity index (χ4v) is 6.75. The molecule has 152 valence electrons. The van der Waals surface area contributed by atoms with E-state index >= 15 is 0 Å². The number of Topliss-reactive ketones (excluding diaryl/α,β-unsaturated/α-hetero) is 2. The van der Waals surface area contributed by atoms with Gasteiger partial charge in [-0.3, -0.25) is 9.59 Å². The van der Waals surface area contributed by atoms with E-state index in [2.05, 4.69) is 24.3 Å². The van der Waals surface area contributed by atoms with Crippen LogP contribution in [0.25, 0.3) is 5.57 Å². The highest BCUT2D eigenvalue weighted by Crippen LogP contribution is 2.80. The van der Waals surface area contributed by atoms with Gasteiger partial charge in [0.25, 0.3) is 0 Å². The number of hydrogen-bond acceptors (Lipinski definition) is 2. The molecule has 3 aliphatic carbocycles. The quantitative estimate of drug-likeness (QED) is 0.579. The second-order valence-corrected chi connectivity index (χ2v) is 9.59. The molecule has 0 bridgehead atoms. The van der Waals surface area contributed by atoms with E-state index in [0.717, 1.165) is 22.3 Å². The fraction of sp³-hybridized carbons (Fsp3) is 0.241. The first kappa shape index (κ1) is 18.5. The molecule has 0 saturated heterocycles. The van der Waals surface area contributed by atoms with Crippen LogP contribution in [0.5, 0.6) is 0 Å². The smallest absolute Gasteiger partial charge is 0.149 e. The molecule has 2 fully saturated rings. The number of carbonyl (C=O) groups excluding carboxylic acids is 2. The van der Waals surface area contributed by atoms with Gasteiger partial charge < -0.3 is 0 Å². The van der Waals surface area contributed by atoms with Gasteiger partial charge in [-0.15, -0.1) is 0 Å². The lowest BCUT2D eigenvalue weighted by atomic mass is 9.52. The van der Waals surface area contributed by atoms with E-state index in [4.69, 9.17) is 0 Å². The van der Waals surface area contributed by atoms with Crippen LogP contribution in [-0.4, -0.2) is 11.6 Å². The van der Waals surface area contributed by atoms with Crippen LogP contribution in [0.1, 0.15) is 30.5 Å². The van der Waals surface area contributed by atoms with Gasteiger partial charge in [-0.2, -0.15) is 0 Å². The van der Waals surface area contributed by atoms with Crippen molar-refractivity contribution in [2.24, 2.45) is 22.7 Å². The van der Waals surface area contributed by atoms with Gasteiger partial charge in [0, 0.05) is 11.3 Å². The van der Waals surface area contributed by atoms with E-state index < -0.39 is 16.2 Å². The third-order valence-corrected chi connectivity index (χ3v) is 8.24. The molecule has 0 aromatic heterocycles. The highest BCUT2D eigenvalue weighted by Gasteiger charge is 2.86. The molecule has 0 N–H and O–H groups in total. The third kappa shape index (κ3) is 1.99. The first-order chi connectivity index (χ1) is 15.0. The van der Waals surface area contributed by atoms with Crippen LogP contribution in [0.2, 0.25) is 0 Å². The van der Waals surface area contributed by atoms with Crippen LogP contribution >= 0.6 is 0 Å². The Labute approximate surface area is 182 Å². The minimum absolute atomic E-state index is 0.201. The zero-order chi connectivity index (χ0) is 21.4. The second kappa shape index (κ2) is 5.91. The minimum atomic E-state index is -0.745. The largest absolute Gasteiger partial charge is 0.298 e. The summed E-state index contributed by atoms with van der Waals surface area (Å²) in [5.74, 6) is -0.314. The Morgan fingerprint density at radius 3 is 1.65 bits per heavy atom. The summed E-state index contributed by atoms with van der Waals surface area (Å²) in [5, 5.41) is 0. The molecule has 0 heterocycles. The summed E-state index contributed by atoms with van der Waals surface area (Å²) in [6.07, 6.45) is 2.05. The van der Waals surface area contributed by atoms with E-state index in [1.807, 2.05) is 86.7 Å². The summed E-state index contributed by atoms with van der Waals surface area (Å²) in [7, 11) is 0. The number of allylic oxidation sites excluding steroid dienone is 2. The molecule has 0 spiro atoms. The maximum atomic E-state index is 14.3. The van der Waals surface area contributed by atoms with Crippen LogP contribution in [0.15, 0.2) is 97.1 Å². The van der Waals surface area contributed by atoms with Crippen molar-refractivity contribution in [1.82, 2.24) is 0 Å². The Kier molecular flexibility index (Phi) is 3.53. The molecule has 2 saturated carbocycles. The molecule has 0 amide bonds. The Bertz CT molecular complexity index is 1200. The molecule has 0 radical (unpaired) electrons. The van der Waals surface area contributed by atoms with Gasteiger partial charge in [-0.05, 0) is 29.2 Å². The summed E-state index contributed by atoms with van der Waals surface area (Å²) in [6.45, 7) is 3.99. The molecule has 2 heteroatoms. The van der Waals surface area contributed by atoms with E-state index in [1.165, 1.54) is 0 Å². The van der Waals surface area contributed by atoms with Crippen molar-refractivity contribution in [3.05, 3.63) is 114 Å². The van der Waals surface area contributed by atoms with E-state index in [0.29, 0.717) is 0 Å². The summed E-state index contributed by atoms with van der Waals surface area (Å²) in [5.41, 5.74) is 2.08. The van der Waals surface area contributed by atoms with Gasteiger partial charge >= 0.3 is 0 Å². The molecular formula is C29H24O2. The number of benzene rings is 3. The Balaban J connectivity index is 1.56. The predicted molar refractivity (Wildman–Crippen MR) is 121 cm³/mol. The van der Waals surface area contributed by atoms with E-state index in [1.54, 1.807) is 0 Å². The topological polar surface area (TPSA) is 34.1 Å². The number of rotatable bonds is 3. The number of carbonyl (C=O) groups is 2. The maximum absolute atomic E-state index is 14.3. The number of ketones is 2. The Morgan fingerprint density at radius 1 is 0.645 bits per heavy atom. The van der Waals surface area contributed by atoms with Crippen LogP contribution in [-0.2, 0) is 15.0 Å². The molecular weight excluding hydrogens is 380 g/mol. The SMILES string of the molecule is C[C@]12C(=O)[C@@H]3C(c4ccccc4)=C[C@]3(C)C(=O)[C@H]1C2(c1ccccc1)c1ccccc1. The van der Waals surface area contributed by atoms with Crippen molar-refractivity contribution in [1.29, 1.82) is 0 Å². The van der Waals surface area contributed by atoms with Crippen molar-refractivity contribution in [3.8, 4) is 0 Å².